The number of aryl methyl sites for hydroxylation is 1. The number of hydrogen-bond acceptors (Lipinski definition) is 3. The summed E-state index contributed by atoms with van der Waals surface area (Å²) in [4.78, 5) is 0. The lowest BCUT2D eigenvalue weighted by Gasteiger charge is -2.54. The summed E-state index contributed by atoms with van der Waals surface area (Å²) in [5, 5.41) is 20.6. The monoisotopic (exact) mass is 344 g/mol. The zero-order chi connectivity index (χ0) is 17.6. The molecule has 0 heterocycles. The van der Waals surface area contributed by atoms with E-state index >= 15 is 0 Å². The molecule has 0 amide bonds. The number of hydrogen-bond donors (Lipinski definition) is 2. The fourth-order valence-electron chi connectivity index (χ4n) is 6.62. The molecule has 2 N–H and O–H groups in total. The Kier molecular flexibility index (Phi) is 4.57. The second kappa shape index (κ2) is 6.59. The lowest BCUT2D eigenvalue weighted by atomic mass is 9.51. The lowest BCUT2D eigenvalue weighted by molar-refractivity contribution is -0.0508. The summed E-state index contributed by atoms with van der Waals surface area (Å²) in [5.41, 5.74) is 2.91. The van der Waals surface area contributed by atoms with Crippen molar-refractivity contribution in [3.05, 3.63) is 29.3 Å². The van der Waals surface area contributed by atoms with Crippen LogP contribution in [0.4, 0.5) is 0 Å². The van der Waals surface area contributed by atoms with Crippen LogP contribution in [0.3, 0.4) is 0 Å². The van der Waals surface area contributed by atoms with Gasteiger partial charge < -0.3 is 14.9 Å². The van der Waals surface area contributed by atoms with Crippen LogP contribution in [0.5, 0.6) is 5.75 Å². The van der Waals surface area contributed by atoms with Crippen LogP contribution >= 0.6 is 0 Å². The minimum absolute atomic E-state index is 0.0906. The summed E-state index contributed by atoms with van der Waals surface area (Å²) in [6.45, 7) is 3.17. The Labute approximate surface area is 151 Å². The van der Waals surface area contributed by atoms with Crippen molar-refractivity contribution in [1.82, 2.24) is 0 Å². The minimum atomic E-state index is -0.135. The third-order valence-corrected chi connectivity index (χ3v) is 7.70. The van der Waals surface area contributed by atoms with Crippen molar-refractivity contribution in [1.29, 1.82) is 0 Å². The van der Waals surface area contributed by atoms with Crippen molar-refractivity contribution in [2.45, 2.75) is 63.9 Å². The first-order valence-electron chi connectivity index (χ1n) is 10.0. The maximum absolute atomic E-state index is 10.7. The van der Waals surface area contributed by atoms with Gasteiger partial charge in [-0.15, -0.1) is 0 Å². The molecule has 2 fully saturated rings. The van der Waals surface area contributed by atoms with Gasteiger partial charge in [0, 0.05) is 13.7 Å². The second-order valence-electron chi connectivity index (χ2n) is 8.92. The SMILES string of the molecule is COCCC[C@H]1C[C@]2(C)C(O)CC[C@H]2[C@@H]2CCc3cc(O)ccc3[C@@H]12. The molecule has 0 spiro atoms. The van der Waals surface area contributed by atoms with Crippen LogP contribution in [0.2, 0.25) is 0 Å². The average molecular weight is 344 g/mol. The highest BCUT2D eigenvalue weighted by Crippen LogP contribution is 2.63. The van der Waals surface area contributed by atoms with Gasteiger partial charge in [0.15, 0.2) is 0 Å². The van der Waals surface area contributed by atoms with Crippen LogP contribution in [0.1, 0.15) is 62.5 Å². The van der Waals surface area contributed by atoms with Gasteiger partial charge in [-0.05, 0) is 97.3 Å². The Morgan fingerprint density at radius 1 is 1.24 bits per heavy atom. The van der Waals surface area contributed by atoms with Crippen molar-refractivity contribution in [3.8, 4) is 5.75 Å². The standard InChI is InChI=1S/C22H32O3/c1-22-13-15(4-3-11-25-2)21-17-8-6-16(23)12-14(17)5-7-18(21)19(22)9-10-20(22)24/h6,8,12,15,18-21,23-24H,3-5,7,9-11,13H2,1-2H3/t15-,18-,19-,20?,21+,22-/m0/s1. The maximum atomic E-state index is 10.7. The summed E-state index contributed by atoms with van der Waals surface area (Å²) < 4.78 is 5.30. The van der Waals surface area contributed by atoms with Crippen LogP contribution in [0, 0.1) is 23.2 Å². The molecule has 3 nitrogen and oxygen atoms in total. The Hall–Kier alpha value is -1.06. The molecule has 0 saturated heterocycles. The molecule has 3 heteroatoms. The number of phenols is 1. The minimum Gasteiger partial charge on any atom is -0.508 e. The van der Waals surface area contributed by atoms with Crippen molar-refractivity contribution in [2.24, 2.45) is 23.2 Å². The number of aliphatic hydroxyl groups is 1. The van der Waals surface area contributed by atoms with E-state index in [2.05, 4.69) is 13.0 Å². The van der Waals surface area contributed by atoms with Gasteiger partial charge in [0.25, 0.3) is 0 Å². The van der Waals surface area contributed by atoms with E-state index in [0.29, 0.717) is 29.4 Å². The van der Waals surface area contributed by atoms with Crippen LogP contribution in [-0.2, 0) is 11.2 Å². The van der Waals surface area contributed by atoms with Crippen molar-refractivity contribution < 1.29 is 14.9 Å². The fourth-order valence-corrected chi connectivity index (χ4v) is 6.62. The molecule has 1 aromatic carbocycles. The van der Waals surface area contributed by atoms with Crippen molar-refractivity contribution in [2.75, 3.05) is 13.7 Å². The van der Waals surface area contributed by atoms with E-state index in [1.165, 1.54) is 30.4 Å². The molecule has 0 aromatic heterocycles. The van der Waals surface area contributed by atoms with Gasteiger partial charge in [0.2, 0.25) is 0 Å². The van der Waals surface area contributed by atoms with Gasteiger partial charge in [-0.3, -0.25) is 0 Å². The number of aliphatic hydroxyl groups excluding tert-OH is 1. The van der Waals surface area contributed by atoms with Crippen molar-refractivity contribution in [3.63, 3.8) is 0 Å². The van der Waals surface area contributed by atoms with Crippen LogP contribution in [0.25, 0.3) is 0 Å². The van der Waals surface area contributed by atoms with E-state index in [0.717, 1.165) is 32.3 Å². The van der Waals surface area contributed by atoms with Gasteiger partial charge in [-0.1, -0.05) is 13.0 Å². The van der Waals surface area contributed by atoms with Crippen LogP contribution < -0.4 is 0 Å². The zero-order valence-corrected chi connectivity index (χ0v) is 15.6. The highest BCUT2D eigenvalue weighted by atomic mass is 16.5. The Bertz CT molecular complexity index is 628. The molecule has 6 atom stereocenters. The predicted molar refractivity (Wildman–Crippen MR) is 98.7 cm³/mol. The number of phenolic OH excluding ortho intramolecular Hbond substituents is 1. The number of benzene rings is 1. The Morgan fingerprint density at radius 2 is 2.08 bits per heavy atom. The first-order chi connectivity index (χ1) is 12.0. The topological polar surface area (TPSA) is 49.7 Å². The molecule has 3 aliphatic rings. The molecule has 2 saturated carbocycles. The van der Waals surface area contributed by atoms with E-state index in [1.54, 1.807) is 7.11 Å². The summed E-state index contributed by atoms with van der Waals surface area (Å²) in [6.07, 6.45) is 7.68. The first kappa shape index (κ1) is 17.4. The van der Waals surface area contributed by atoms with Crippen LogP contribution in [-0.4, -0.2) is 30.0 Å². The third kappa shape index (κ3) is 2.80. The zero-order valence-electron chi connectivity index (χ0n) is 15.6. The van der Waals surface area contributed by atoms with Gasteiger partial charge in [0.05, 0.1) is 6.10 Å². The largest absolute Gasteiger partial charge is 0.508 e. The molecule has 25 heavy (non-hydrogen) atoms. The smallest absolute Gasteiger partial charge is 0.115 e. The molecular weight excluding hydrogens is 312 g/mol. The van der Waals surface area contributed by atoms with Gasteiger partial charge in [0.1, 0.15) is 5.75 Å². The van der Waals surface area contributed by atoms with E-state index in [9.17, 15) is 10.2 Å². The summed E-state index contributed by atoms with van der Waals surface area (Å²) >= 11 is 0. The Balaban J connectivity index is 1.70. The fraction of sp³-hybridized carbons (Fsp3) is 0.727. The molecule has 0 aliphatic heterocycles. The highest BCUT2D eigenvalue weighted by Gasteiger charge is 2.57. The van der Waals surface area contributed by atoms with E-state index in [4.69, 9.17) is 4.74 Å². The number of fused-ring (bicyclic) bond motifs is 5. The Morgan fingerprint density at radius 3 is 2.88 bits per heavy atom. The van der Waals surface area contributed by atoms with Gasteiger partial charge in [-0.2, -0.15) is 0 Å². The van der Waals surface area contributed by atoms with E-state index in [-0.39, 0.29) is 11.5 Å². The van der Waals surface area contributed by atoms with Crippen LogP contribution in [0.15, 0.2) is 18.2 Å². The second-order valence-corrected chi connectivity index (χ2v) is 8.92. The van der Waals surface area contributed by atoms with E-state index < -0.39 is 0 Å². The van der Waals surface area contributed by atoms with Crippen molar-refractivity contribution >= 4 is 0 Å². The van der Waals surface area contributed by atoms with Gasteiger partial charge >= 0.3 is 0 Å². The van der Waals surface area contributed by atoms with Gasteiger partial charge in [-0.25, -0.2) is 0 Å². The maximum Gasteiger partial charge on any atom is 0.115 e. The first-order valence-corrected chi connectivity index (χ1v) is 10.0. The summed E-state index contributed by atoms with van der Waals surface area (Å²) in [7, 11) is 1.78. The number of rotatable bonds is 4. The summed E-state index contributed by atoms with van der Waals surface area (Å²) in [6, 6.07) is 6.03. The number of ether oxygens (including phenoxy) is 1. The lowest BCUT2D eigenvalue weighted by Crippen LogP contribution is -2.48. The molecule has 1 aromatic rings. The molecular formula is C22H32O3. The number of methoxy groups -OCH3 is 1. The molecule has 1 unspecified atom stereocenters. The number of aromatic hydroxyl groups is 1. The molecule has 138 valence electrons. The predicted octanol–water partition coefficient (Wildman–Crippen LogP) is 4.26. The molecule has 3 aliphatic carbocycles. The third-order valence-electron chi connectivity index (χ3n) is 7.70. The quantitative estimate of drug-likeness (QED) is 0.802. The molecule has 0 bridgehead atoms. The molecule has 4 rings (SSSR count). The van der Waals surface area contributed by atoms with E-state index in [1.807, 2.05) is 12.1 Å². The molecule has 0 radical (unpaired) electrons. The normalized spacial score (nSPS) is 39.6. The average Bonchev–Trinajstić information content (AvgIpc) is 2.89. The summed E-state index contributed by atoms with van der Waals surface area (Å²) in [5.74, 6) is 2.92. The highest BCUT2D eigenvalue weighted by molar-refractivity contribution is 5.40.